The van der Waals surface area contributed by atoms with E-state index >= 15 is 0 Å². The Bertz CT molecular complexity index is 502. The van der Waals surface area contributed by atoms with Crippen molar-refractivity contribution in [2.24, 2.45) is 5.92 Å². The van der Waals surface area contributed by atoms with Crippen LogP contribution < -0.4 is 15.3 Å². The molecule has 1 atom stereocenters. The van der Waals surface area contributed by atoms with Gasteiger partial charge in [0.05, 0.1) is 26.7 Å². The molecule has 13 nitrogen and oxygen atoms in total. The molecule has 0 bridgehead atoms. The van der Waals surface area contributed by atoms with Gasteiger partial charge in [0.25, 0.3) is 0 Å². The average Bonchev–Trinajstić information content (AvgIpc) is 2.63. The summed E-state index contributed by atoms with van der Waals surface area (Å²) in [4.78, 5) is 54.1. The summed E-state index contributed by atoms with van der Waals surface area (Å²) < 4.78 is 1.28. The standard InChI is InChI=1S/C12H28N.3C2H2O4.Cr.Mn/c1-6-9-13(5,10-7-2)11-12(4)8-3;3*3-1(4)2(5)6;;/h12H,6-11H2,1-5H3;3*(H,3,4)(H,5,6);;/q+1;;;;;+2/p-3/t12-;;;;;/m0...../s1. The minimum absolute atomic E-state index is 0. The minimum atomic E-state index is -2.07. The van der Waals surface area contributed by atoms with Gasteiger partial charge in [0.2, 0.25) is 0 Å². The van der Waals surface area contributed by atoms with Gasteiger partial charge >= 0.3 is 35.0 Å². The van der Waals surface area contributed by atoms with Crippen molar-refractivity contribution in [1.82, 2.24) is 0 Å². The Morgan fingerprint density at radius 1 is 0.727 bits per heavy atom. The number of aliphatic carboxylic acids is 6. The van der Waals surface area contributed by atoms with Crippen LogP contribution in [-0.4, -0.2) is 82.3 Å². The van der Waals surface area contributed by atoms with Crippen molar-refractivity contribution >= 4 is 35.8 Å². The van der Waals surface area contributed by atoms with E-state index in [0.29, 0.717) is 0 Å². The van der Waals surface area contributed by atoms with Crippen LogP contribution in [0.1, 0.15) is 47.0 Å². The first kappa shape index (κ1) is 44.5. The topological polar surface area (TPSA) is 232 Å². The molecule has 193 valence electrons. The maximum atomic E-state index is 9.04. The van der Waals surface area contributed by atoms with Gasteiger partial charge in [-0.3, -0.25) is 0 Å². The van der Waals surface area contributed by atoms with E-state index in [1.165, 1.54) is 43.4 Å². The van der Waals surface area contributed by atoms with Crippen molar-refractivity contribution in [3.8, 4) is 0 Å². The molecule has 0 aliphatic rings. The predicted molar refractivity (Wildman–Crippen MR) is 98.8 cm³/mol. The van der Waals surface area contributed by atoms with Crippen molar-refractivity contribution in [1.29, 1.82) is 0 Å². The molecular weight excluding hydrogens is 529 g/mol. The zero-order valence-corrected chi connectivity index (χ0v) is 21.5. The van der Waals surface area contributed by atoms with E-state index in [-0.39, 0.29) is 34.4 Å². The zero-order chi connectivity index (χ0) is 25.8. The fourth-order valence-corrected chi connectivity index (χ4v) is 2.26. The van der Waals surface area contributed by atoms with E-state index in [9.17, 15) is 0 Å². The Hall–Kier alpha value is -2.17. The summed E-state index contributed by atoms with van der Waals surface area (Å²) in [5.74, 6) is -11.1. The van der Waals surface area contributed by atoms with Crippen molar-refractivity contribution in [3.05, 3.63) is 0 Å². The van der Waals surface area contributed by atoms with E-state index in [1.54, 1.807) is 0 Å². The molecule has 0 heterocycles. The second-order valence-corrected chi connectivity index (χ2v) is 6.54. The fraction of sp³-hybridized carbons (Fsp3) is 0.667. The molecule has 0 saturated heterocycles. The summed E-state index contributed by atoms with van der Waals surface area (Å²) in [6, 6.07) is 0. The summed E-state index contributed by atoms with van der Waals surface area (Å²) in [6.45, 7) is 13.3. The largest absolute Gasteiger partial charge is 2.00 e. The van der Waals surface area contributed by atoms with Crippen molar-refractivity contribution in [2.75, 3.05) is 26.7 Å². The quantitative estimate of drug-likeness (QED) is 0.158. The van der Waals surface area contributed by atoms with Gasteiger partial charge in [-0.25, -0.2) is 14.4 Å². The first-order valence-electron chi connectivity index (χ1n) is 9.17. The SMILES string of the molecule is CCC[N+](C)(CCC)C[C@@H](C)CC.O=C([O-])C(=O)O.O=C([O-])C(=O)O.O=C([O-])C(=O)O.[Cr].[Mn+2]. The van der Waals surface area contributed by atoms with Gasteiger partial charge < -0.3 is 49.5 Å². The summed E-state index contributed by atoms with van der Waals surface area (Å²) in [7, 11) is 2.42. The third-order valence-corrected chi connectivity index (χ3v) is 3.50. The van der Waals surface area contributed by atoms with E-state index in [4.69, 9.17) is 59.4 Å². The molecule has 1 radical (unpaired) electrons. The van der Waals surface area contributed by atoms with Crippen LogP contribution in [0.5, 0.6) is 0 Å². The first-order chi connectivity index (χ1) is 14.0. The molecule has 3 N–H and O–H groups in total. The van der Waals surface area contributed by atoms with Crippen molar-refractivity contribution in [2.45, 2.75) is 47.0 Å². The Morgan fingerprint density at radius 3 is 1.06 bits per heavy atom. The Labute approximate surface area is 213 Å². The van der Waals surface area contributed by atoms with Crippen LogP contribution in [0.4, 0.5) is 0 Å². The van der Waals surface area contributed by atoms with Crippen molar-refractivity contribution < 1.29 is 98.3 Å². The maximum absolute atomic E-state index is 9.04. The number of rotatable bonds is 7. The van der Waals surface area contributed by atoms with E-state index in [2.05, 4.69) is 34.7 Å². The summed E-state index contributed by atoms with van der Waals surface area (Å²) >= 11 is 0. The molecule has 0 unspecified atom stereocenters. The molecule has 0 saturated carbocycles. The molecule has 0 fully saturated rings. The second kappa shape index (κ2) is 26.1. The molecule has 0 aliphatic heterocycles. The van der Waals surface area contributed by atoms with Crippen LogP contribution in [0.15, 0.2) is 0 Å². The first-order valence-corrected chi connectivity index (χ1v) is 9.17. The van der Waals surface area contributed by atoms with Crippen LogP contribution in [0.2, 0.25) is 0 Å². The van der Waals surface area contributed by atoms with Gasteiger partial charge in [-0.1, -0.05) is 27.7 Å². The molecule has 0 spiro atoms. The number of hydrogen-bond donors (Lipinski definition) is 3. The number of nitrogens with zero attached hydrogens (tertiary/aromatic N) is 1. The molecule has 0 rings (SSSR count). The van der Waals surface area contributed by atoms with E-state index in [1.807, 2.05) is 0 Å². The molecule has 0 aromatic carbocycles. The van der Waals surface area contributed by atoms with E-state index < -0.39 is 35.8 Å². The minimum Gasteiger partial charge on any atom is -0.539 e. The van der Waals surface area contributed by atoms with Gasteiger partial charge in [0.1, 0.15) is 0 Å². The third-order valence-electron chi connectivity index (χ3n) is 3.50. The van der Waals surface area contributed by atoms with Gasteiger partial charge in [-0.15, -0.1) is 0 Å². The maximum Gasteiger partial charge on any atom is 2.00 e. The number of carbonyl (C=O) groups excluding carboxylic acids is 3. The molecule has 15 heteroatoms. The van der Waals surface area contributed by atoms with Gasteiger partial charge in [-0.05, 0) is 19.3 Å². The predicted octanol–water partition coefficient (Wildman–Crippen LogP) is -3.24. The number of carboxylic acid groups (broad SMARTS) is 6. The third kappa shape index (κ3) is 37.5. The summed E-state index contributed by atoms with van der Waals surface area (Å²) in [5, 5.41) is 49.0. The van der Waals surface area contributed by atoms with Crippen LogP contribution >= 0.6 is 0 Å². The number of quaternary nitrogens is 1. The van der Waals surface area contributed by atoms with Crippen LogP contribution in [0, 0.1) is 5.92 Å². The monoisotopic (exact) mass is 560 g/mol. The fourth-order valence-electron chi connectivity index (χ4n) is 2.26. The number of hydrogen-bond acceptors (Lipinski definition) is 9. The molecule has 0 amide bonds. The zero-order valence-electron chi connectivity index (χ0n) is 19.1. The van der Waals surface area contributed by atoms with Gasteiger partial charge in [-0.2, -0.15) is 0 Å². The molecule has 0 aliphatic carbocycles. The molecule has 0 aromatic heterocycles. The second-order valence-electron chi connectivity index (χ2n) is 6.54. The smallest absolute Gasteiger partial charge is 0.539 e. The number of carboxylic acids is 6. The Balaban J connectivity index is -0.0000000780. The Kier molecular flexibility index (Phi) is 35.2. The van der Waals surface area contributed by atoms with Gasteiger partial charge in [0.15, 0.2) is 17.9 Å². The molecule has 0 aromatic rings. The van der Waals surface area contributed by atoms with Crippen LogP contribution in [0.3, 0.4) is 0 Å². The molecule has 33 heavy (non-hydrogen) atoms. The summed E-state index contributed by atoms with van der Waals surface area (Å²) in [5.41, 5.74) is 0. The number of carbonyl (C=O) groups is 6. The Morgan fingerprint density at radius 2 is 0.939 bits per heavy atom. The van der Waals surface area contributed by atoms with E-state index in [0.717, 1.165) is 5.92 Å². The summed E-state index contributed by atoms with van der Waals surface area (Å²) in [6.07, 6.45) is 3.95. The molecular formula is C18H31CrMnNO12. The van der Waals surface area contributed by atoms with Crippen LogP contribution in [-0.2, 0) is 63.2 Å². The van der Waals surface area contributed by atoms with Gasteiger partial charge in [0, 0.05) is 23.3 Å². The average molecular weight is 560 g/mol. The van der Waals surface area contributed by atoms with Crippen LogP contribution in [0.25, 0.3) is 0 Å². The van der Waals surface area contributed by atoms with Crippen molar-refractivity contribution in [3.63, 3.8) is 0 Å². The normalized spacial score (nSPS) is 9.73.